The van der Waals surface area contributed by atoms with E-state index in [9.17, 15) is 22.8 Å². The molecule has 0 saturated heterocycles. The summed E-state index contributed by atoms with van der Waals surface area (Å²) < 4.78 is 27.1. The maximum Gasteiger partial charge on any atom is 0.253 e. The van der Waals surface area contributed by atoms with Gasteiger partial charge in [0.1, 0.15) is 17.4 Å². The van der Waals surface area contributed by atoms with Gasteiger partial charge >= 0.3 is 0 Å². The third kappa shape index (κ3) is 5.02. The lowest BCUT2D eigenvalue weighted by Crippen LogP contribution is -2.39. The molecule has 1 aromatic heterocycles. The average molecular weight is 506 g/mol. The van der Waals surface area contributed by atoms with Gasteiger partial charge < -0.3 is 16.4 Å². The molecule has 0 radical (unpaired) electrons. The fraction of sp³-hybridized carbons (Fsp3) is 0.120. The summed E-state index contributed by atoms with van der Waals surface area (Å²) >= 11 is 0. The number of nitrogens with zero attached hydrogens (tertiary/aromatic N) is 1. The second-order valence-corrected chi connectivity index (χ2v) is 9.67. The molecule has 0 saturated carbocycles. The standard InChI is InChI=1S/C25H23N5O5S/c1-2-28-36(34,35)19-5-3-4-17(14-19)15-6-8-16(9-7-15)20(25(26)33)30-22-21(23(31)24(22)32)29-18-10-12-27-13-11-18/h3-14,20,28,30H,2H2,1H3,(H2,26,33)(H,27,29). The molecule has 5 N–H and O–H groups in total. The number of nitrogens with two attached hydrogens (primary N) is 1. The molecule has 0 bridgehead atoms. The number of benzene rings is 2. The zero-order valence-corrected chi connectivity index (χ0v) is 20.0. The molecule has 36 heavy (non-hydrogen) atoms. The van der Waals surface area contributed by atoms with E-state index in [2.05, 4.69) is 20.3 Å². The highest BCUT2D eigenvalue weighted by atomic mass is 32.2. The van der Waals surface area contributed by atoms with Crippen molar-refractivity contribution in [2.75, 3.05) is 17.2 Å². The van der Waals surface area contributed by atoms with Crippen molar-refractivity contribution in [2.45, 2.75) is 17.9 Å². The van der Waals surface area contributed by atoms with E-state index >= 15 is 0 Å². The molecular formula is C25H23N5O5S. The van der Waals surface area contributed by atoms with Gasteiger partial charge in [-0.2, -0.15) is 0 Å². The number of carbonyl (C=O) groups is 1. The largest absolute Gasteiger partial charge is 0.368 e. The summed E-state index contributed by atoms with van der Waals surface area (Å²) in [6, 6.07) is 15.4. The Morgan fingerprint density at radius 2 is 1.61 bits per heavy atom. The molecule has 0 aliphatic rings. The number of sulfonamides is 1. The first-order valence-electron chi connectivity index (χ1n) is 11.0. The maximum atomic E-state index is 12.3. The molecular weight excluding hydrogens is 482 g/mol. The Morgan fingerprint density at radius 1 is 0.944 bits per heavy atom. The highest BCUT2D eigenvalue weighted by Gasteiger charge is 2.27. The third-order valence-electron chi connectivity index (χ3n) is 5.49. The second-order valence-electron chi connectivity index (χ2n) is 7.90. The van der Waals surface area contributed by atoms with Gasteiger partial charge in [0.2, 0.25) is 15.9 Å². The smallest absolute Gasteiger partial charge is 0.253 e. The Hall–Kier alpha value is -4.35. The van der Waals surface area contributed by atoms with Crippen LogP contribution in [-0.4, -0.2) is 25.9 Å². The number of anilines is 3. The predicted molar refractivity (Wildman–Crippen MR) is 137 cm³/mol. The van der Waals surface area contributed by atoms with Crippen LogP contribution in [-0.2, 0) is 14.8 Å². The first kappa shape index (κ1) is 24.8. The van der Waals surface area contributed by atoms with Crippen LogP contribution in [0, 0.1) is 0 Å². The van der Waals surface area contributed by atoms with E-state index in [0.717, 1.165) is 0 Å². The van der Waals surface area contributed by atoms with Crippen molar-refractivity contribution in [3.8, 4) is 11.1 Å². The Kier molecular flexibility index (Phi) is 6.95. The van der Waals surface area contributed by atoms with Gasteiger partial charge in [-0.15, -0.1) is 0 Å². The number of aromatic nitrogens is 1. The molecule has 3 aromatic carbocycles. The number of hydrogen-bond donors (Lipinski definition) is 4. The zero-order valence-electron chi connectivity index (χ0n) is 19.2. The summed E-state index contributed by atoms with van der Waals surface area (Å²) in [5, 5.41) is 5.65. The number of rotatable bonds is 10. The van der Waals surface area contributed by atoms with Crippen molar-refractivity contribution in [1.29, 1.82) is 0 Å². The molecule has 4 rings (SSSR count). The van der Waals surface area contributed by atoms with E-state index in [0.29, 0.717) is 22.4 Å². The monoisotopic (exact) mass is 505 g/mol. The lowest BCUT2D eigenvalue weighted by molar-refractivity contribution is -0.118. The van der Waals surface area contributed by atoms with Crippen LogP contribution in [0.1, 0.15) is 18.5 Å². The van der Waals surface area contributed by atoms with Crippen molar-refractivity contribution in [1.82, 2.24) is 9.71 Å². The van der Waals surface area contributed by atoms with Crippen LogP contribution in [0.15, 0.2) is 87.5 Å². The van der Waals surface area contributed by atoms with Gasteiger partial charge in [-0.1, -0.05) is 43.3 Å². The van der Waals surface area contributed by atoms with Crippen LogP contribution >= 0.6 is 0 Å². The molecule has 0 aliphatic heterocycles. The maximum absolute atomic E-state index is 12.3. The van der Waals surface area contributed by atoms with E-state index in [1.807, 2.05) is 0 Å². The Morgan fingerprint density at radius 3 is 2.25 bits per heavy atom. The lowest BCUT2D eigenvalue weighted by atomic mass is 9.99. The lowest BCUT2D eigenvalue weighted by Gasteiger charge is -2.21. The Labute approximate surface area is 206 Å². The Balaban J connectivity index is 1.59. The van der Waals surface area contributed by atoms with Gasteiger partial charge in [0.15, 0.2) is 0 Å². The fourth-order valence-electron chi connectivity index (χ4n) is 3.68. The topological polar surface area (TPSA) is 160 Å². The van der Waals surface area contributed by atoms with E-state index in [4.69, 9.17) is 5.73 Å². The Bertz CT molecular complexity index is 1580. The van der Waals surface area contributed by atoms with Gasteiger partial charge in [-0.3, -0.25) is 19.4 Å². The number of hydrogen-bond acceptors (Lipinski definition) is 8. The van der Waals surface area contributed by atoms with Gasteiger partial charge in [-0.05, 0) is 41.0 Å². The van der Waals surface area contributed by atoms with Crippen LogP contribution < -0.4 is 31.9 Å². The minimum Gasteiger partial charge on any atom is -0.368 e. The number of amides is 1. The summed E-state index contributed by atoms with van der Waals surface area (Å²) in [4.78, 5) is 40.6. The first-order valence-corrected chi connectivity index (χ1v) is 12.5. The molecule has 0 aliphatic carbocycles. The van der Waals surface area contributed by atoms with Crippen molar-refractivity contribution >= 4 is 33.0 Å². The molecule has 184 valence electrons. The molecule has 0 spiro atoms. The number of nitrogens with one attached hydrogen (secondary N) is 3. The summed E-state index contributed by atoms with van der Waals surface area (Å²) in [5.74, 6) is -0.746. The summed E-state index contributed by atoms with van der Waals surface area (Å²) in [7, 11) is -3.62. The van der Waals surface area contributed by atoms with Gasteiger partial charge in [0, 0.05) is 24.6 Å². The molecule has 0 fully saturated rings. The van der Waals surface area contributed by atoms with Crippen LogP contribution in [0.4, 0.5) is 17.1 Å². The normalized spacial score (nSPS) is 12.2. The molecule has 11 heteroatoms. The zero-order chi connectivity index (χ0) is 25.9. The quantitative estimate of drug-likeness (QED) is 0.238. The van der Waals surface area contributed by atoms with Crippen LogP contribution in [0.5, 0.6) is 0 Å². The van der Waals surface area contributed by atoms with Gasteiger partial charge in [-0.25, -0.2) is 13.1 Å². The van der Waals surface area contributed by atoms with Crippen LogP contribution in [0.25, 0.3) is 11.1 Å². The SMILES string of the molecule is CCNS(=O)(=O)c1cccc(-c2ccc(C(Nc3c(Nc4ccncc4)c(=O)c3=O)C(N)=O)cc2)c1. The minimum absolute atomic E-state index is 0.0350. The molecule has 4 aromatic rings. The fourth-order valence-corrected chi connectivity index (χ4v) is 4.76. The first-order chi connectivity index (χ1) is 17.2. The molecule has 1 unspecified atom stereocenters. The summed E-state index contributed by atoms with van der Waals surface area (Å²) in [5.41, 5.74) is 6.52. The average Bonchev–Trinajstić information content (AvgIpc) is 2.88. The van der Waals surface area contributed by atoms with E-state index in [1.165, 1.54) is 18.5 Å². The summed E-state index contributed by atoms with van der Waals surface area (Å²) in [6.45, 7) is 1.97. The highest BCUT2D eigenvalue weighted by molar-refractivity contribution is 7.89. The van der Waals surface area contributed by atoms with E-state index in [-0.39, 0.29) is 22.8 Å². The number of carbonyl (C=O) groups excluding carboxylic acids is 1. The van der Waals surface area contributed by atoms with Crippen molar-refractivity contribution < 1.29 is 13.2 Å². The minimum atomic E-state index is -3.62. The van der Waals surface area contributed by atoms with Gasteiger partial charge in [0.25, 0.3) is 10.9 Å². The highest BCUT2D eigenvalue weighted by Crippen LogP contribution is 2.28. The van der Waals surface area contributed by atoms with Crippen LogP contribution in [0.2, 0.25) is 0 Å². The third-order valence-corrected chi connectivity index (χ3v) is 7.03. The van der Waals surface area contributed by atoms with Crippen molar-refractivity contribution in [2.24, 2.45) is 5.73 Å². The second kappa shape index (κ2) is 10.1. The molecule has 1 atom stereocenters. The van der Waals surface area contributed by atoms with E-state index in [1.54, 1.807) is 61.5 Å². The van der Waals surface area contributed by atoms with Crippen molar-refractivity contribution in [3.63, 3.8) is 0 Å². The predicted octanol–water partition coefficient (Wildman–Crippen LogP) is 2.02. The summed E-state index contributed by atoms with van der Waals surface area (Å²) in [6.07, 6.45) is 3.06. The van der Waals surface area contributed by atoms with E-state index < -0.39 is 32.8 Å². The molecule has 1 amide bonds. The molecule has 1 heterocycles. The number of primary amides is 1. The number of pyridine rings is 1. The van der Waals surface area contributed by atoms with Crippen molar-refractivity contribution in [3.05, 3.63) is 99.1 Å². The van der Waals surface area contributed by atoms with Crippen LogP contribution in [0.3, 0.4) is 0 Å². The van der Waals surface area contributed by atoms with Gasteiger partial charge in [0.05, 0.1) is 4.90 Å². The molecule has 10 nitrogen and oxygen atoms in total.